The fourth-order valence-electron chi connectivity index (χ4n) is 2.60. The van der Waals surface area contributed by atoms with Gasteiger partial charge in [-0.25, -0.2) is 0 Å². The molecule has 0 aromatic rings. The van der Waals surface area contributed by atoms with Gasteiger partial charge in [0.1, 0.15) is 0 Å². The smallest absolute Gasteiger partial charge is 0.0702 e. The van der Waals surface area contributed by atoms with E-state index in [1.807, 2.05) is 0 Å². The summed E-state index contributed by atoms with van der Waals surface area (Å²) in [5.41, 5.74) is 5.81. The quantitative estimate of drug-likeness (QED) is 0.734. The van der Waals surface area contributed by atoms with Crippen molar-refractivity contribution in [3.05, 3.63) is 0 Å². The zero-order valence-electron chi connectivity index (χ0n) is 9.11. The van der Waals surface area contributed by atoms with Crippen LogP contribution >= 0.6 is 0 Å². The molecule has 0 bridgehead atoms. The van der Waals surface area contributed by atoms with E-state index >= 15 is 0 Å². The molecule has 1 heterocycles. The lowest BCUT2D eigenvalue weighted by atomic mass is 9.85. The molecule has 1 saturated carbocycles. The monoisotopic (exact) mass is 198 g/mol. The van der Waals surface area contributed by atoms with Crippen LogP contribution in [-0.2, 0) is 4.74 Å². The molecule has 1 aliphatic carbocycles. The molecule has 2 N–H and O–H groups in total. The molecule has 2 fully saturated rings. The maximum Gasteiger partial charge on any atom is 0.0702 e. The Balaban J connectivity index is 1.76. The first-order chi connectivity index (χ1) is 6.79. The Morgan fingerprint density at radius 3 is 2.86 bits per heavy atom. The molecule has 1 aliphatic heterocycles. The van der Waals surface area contributed by atoms with Gasteiger partial charge >= 0.3 is 0 Å². The summed E-state index contributed by atoms with van der Waals surface area (Å²) in [4.78, 5) is 2.58. The second-order valence-corrected chi connectivity index (χ2v) is 4.60. The van der Waals surface area contributed by atoms with Gasteiger partial charge in [0.15, 0.2) is 0 Å². The van der Waals surface area contributed by atoms with Crippen molar-refractivity contribution in [1.82, 2.24) is 4.90 Å². The van der Waals surface area contributed by atoms with Crippen molar-refractivity contribution in [2.75, 3.05) is 19.7 Å². The van der Waals surface area contributed by atoms with Crippen LogP contribution in [-0.4, -0.2) is 42.8 Å². The molecule has 1 unspecified atom stereocenters. The molecule has 3 nitrogen and oxygen atoms in total. The van der Waals surface area contributed by atoms with Crippen molar-refractivity contribution in [2.45, 2.75) is 50.8 Å². The van der Waals surface area contributed by atoms with E-state index in [0.717, 1.165) is 19.2 Å². The summed E-state index contributed by atoms with van der Waals surface area (Å²) in [5, 5.41) is 0. The van der Waals surface area contributed by atoms with Crippen LogP contribution in [0.3, 0.4) is 0 Å². The SMILES string of the molecule is CCOC1CCCN(C2CC(N)C2)C1. The van der Waals surface area contributed by atoms with E-state index in [0.29, 0.717) is 12.1 Å². The van der Waals surface area contributed by atoms with Gasteiger partial charge in [0.05, 0.1) is 6.10 Å². The second-order valence-electron chi connectivity index (χ2n) is 4.60. The molecule has 0 amide bonds. The van der Waals surface area contributed by atoms with Crippen molar-refractivity contribution in [1.29, 1.82) is 0 Å². The van der Waals surface area contributed by atoms with Crippen LogP contribution in [0.25, 0.3) is 0 Å². The van der Waals surface area contributed by atoms with Crippen LogP contribution in [0.15, 0.2) is 0 Å². The Hall–Kier alpha value is -0.120. The highest BCUT2D eigenvalue weighted by atomic mass is 16.5. The average molecular weight is 198 g/mol. The summed E-state index contributed by atoms with van der Waals surface area (Å²) in [5.74, 6) is 0. The van der Waals surface area contributed by atoms with Crippen LogP contribution < -0.4 is 5.73 Å². The van der Waals surface area contributed by atoms with Crippen LogP contribution in [0.5, 0.6) is 0 Å². The molecule has 0 spiro atoms. The third-order valence-electron chi connectivity index (χ3n) is 3.48. The van der Waals surface area contributed by atoms with Gasteiger partial charge in [0.25, 0.3) is 0 Å². The zero-order valence-corrected chi connectivity index (χ0v) is 9.11. The van der Waals surface area contributed by atoms with Crippen LogP contribution in [0, 0.1) is 0 Å². The van der Waals surface area contributed by atoms with Crippen LogP contribution in [0.2, 0.25) is 0 Å². The fourth-order valence-corrected chi connectivity index (χ4v) is 2.60. The molecule has 0 radical (unpaired) electrons. The summed E-state index contributed by atoms with van der Waals surface area (Å²) < 4.78 is 5.69. The highest BCUT2D eigenvalue weighted by molar-refractivity contribution is 4.91. The first kappa shape index (κ1) is 10.4. The fraction of sp³-hybridized carbons (Fsp3) is 1.00. The first-order valence-electron chi connectivity index (χ1n) is 5.90. The number of ether oxygens (including phenoxy) is 1. The van der Waals surface area contributed by atoms with Gasteiger partial charge in [-0.05, 0) is 39.2 Å². The molecule has 2 aliphatic rings. The summed E-state index contributed by atoms with van der Waals surface area (Å²) in [7, 11) is 0. The van der Waals surface area contributed by atoms with Gasteiger partial charge in [-0.15, -0.1) is 0 Å². The van der Waals surface area contributed by atoms with Gasteiger partial charge in [-0.3, -0.25) is 4.90 Å². The number of rotatable bonds is 3. The Bertz CT molecular complexity index is 176. The lowest BCUT2D eigenvalue weighted by Gasteiger charge is -2.44. The molecule has 2 rings (SSSR count). The van der Waals surface area contributed by atoms with E-state index in [2.05, 4.69) is 11.8 Å². The summed E-state index contributed by atoms with van der Waals surface area (Å²) >= 11 is 0. The van der Waals surface area contributed by atoms with E-state index in [9.17, 15) is 0 Å². The Labute approximate surface area is 86.6 Å². The molecule has 1 saturated heterocycles. The largest absolute Gasteiger partial charge is 0.377 e. The van der Waals surface area contributed by atoms with E-state index in [4.69, 9.17) is 10.5 Å². The van der Waals surface area contributed by atoms with Crippen molar-refractivity contribution in [3.63, 3.8) is 0 Å². The maximum absolute atomic E-state index is 5.81. The minimum Gasteiger partial charge on any atom is -0.377 e. The standard InChI is InChI=1S/C11H22N2O/c1-2-14-11-4-3-5-13(8-11)10-6-9(12)7-10/h9-11H,2-8,12H2,1H3. The lowest BCUT2D eigenvalue weighted by Crippen LogP contribution is -2.54. The highest BCUT2D eigenvalue weighted by Gasteiger charge is 2.33. The van der Waals surface area contributed by atoms with Gasteiger partial charge in [0.2, 0.25) is 0 Å². The number of likely N-dealkylation sites (tertiary alicyclic amines) is 1. The molecular formula is C11H22N2O. The minimum absolute atomic E-state index is 0.465. The summed E-state index contributed by atoms with van der Waals surface area (Å²) in [6.07, 6.45) is 5.39. The average Bonchev–Trinajstić information content (AvgIpc) is 2.14. The van der Waals surface area contributed by atoms with Gasteiger partial charge in [-0.2, -0.15) is 0 Å². The van der Waals surface area contributed by atoms with Crippen molar-refractivity contribution >= 4 is 0 Å². The maximum atomic E-state index is 5.81. The van der Waals surface area contributed by atoms with Crippen molar-refractivity contribution in [3.8, 4) is 0 Å². The zero-order chi connectivity index (χ0) is 9.97. The predicted octanol–water partition coefficient (Wildman–Crippen LogP) is 0.977. The third-order valence-corrected chi connectivity index (χ3v) is 3.48. The molecule has 0 aromatic heterocycles. The Morgan fingerprint density at radius 1 is 1.43 bits per heavy atom. The van der Waals surface area contributed by atoms with Crippen molar-refractivity contribution < 1.29 is 4.74 Å². The van der Waals surface area contributed by atoms with E-state index < -0.39 is 0 Å². The topological polar surface area (TPSA) is 38.5 Å². The van der Waals surface area contributed by atoms with Crippen molar-refractivity contribution in [2.24, 2.45) is 5.73 Å². The molecule has 82 valence electrons. The first-order valence-corrected chi connectivity index (χ1v) is 5.90. The predicted molar refractivity (Wildman–Crippen MR) is 57.2 cm³/mol. The number of nitrogens with zero attached hydrogens (tertiary/aromatic N) is 1. The third kappa shape index (κ3) is 2.27. The number of hydrogen-bond acceptors (Lipinski definition) is 3. The minimum atomic E-state index is 0.465. The molecular weight excluding hydrogens is 176 g/mol. The normalized spacial score (nSPS) is 39.4. The summed E-state index contributed by atoms with van der Waals surface area (Å²) in [6.45, 7) is 5.31. The second kappa shape index (κ2) is 4.60. The highest BCUT2D eigenvalue weighted by Crippen LogP contribution is 2.27. The number of hydrogen-bond donors (Lipinski definition) is 1. The molecule has 3 heteroatoms. The van der Waals surface area contributed by atoms with Crippen LogP contribution in [0.1, 0.15) is 32.6 Å². The molecule has 1 atom stereocenters. The Morgan fingerprint density at radius 2 is 2.21 bits per heavy atom. The number of nitrogens with two attached hydrogens (primary N) is 1. The lowest BCUT2D eigenvalue weighted by molar-refractivity contribution is -0.0224. The Kier molecular flexibility index (Phi) is 3.42. The van der Waals surface area contributed by atoms with Gasteiger partial charge in [0, 0.05) is 25.2 Å². The van der Waals surface area contributed by atoms with Gasteiger partial charge < -0.3 is 10.5 Å². The molecule has 0 aromatic carbocycles. The van der Waals surface area contributed by atoms with E-state index in [1.165, 1.54) is 32.2 Å². The molecule has 14 heavy (non-hydrogen) atoms. The number of piperidine rings is 1. The van der Waals surface area contributed by atoms with E-state index in [-0.39, 0.29) is 0 Å². The van der Waals surface area contributed by atoms with E-state index in [1.54, 1.807) is 0 Å². The van der Waals surface area contributed by atoms with Crippen LogP contribution in [0.4, 0.5) is 0 Å². The summed E-state index contributed by atoms with van der Waals surface area (Å²) in [6, 6.07) is 1.22. The van der Waals surface area contributed by atoms with Gasteiger partial charge in [-0.1, -0.05) is 0 Å².